The molecule has 3 heterocycles. The van der Waals surface area contributed by atoms with Crippen LogP contribution in [0, 0.1) is 0 Å². The molecule has 1 N–H and O–H groups in total. The van der Waals surface area contributed by atoms with Crippen LogP contribution >= 0.6 is 0 Å². The van der Waals surface area contributed by atoms with Gasteiger partial charge in [-0.3, -0.25) is 5.32 Å². The van der Waals surface area contributed by atoms with Crippen LogP contribution in [0.4, 0.5) is 0 Å². The molecule has 3 fully saturated rings. The second kappa shape index (κ2) is 7.64. The monoisotopic (exact) mass is 495 g/mol. The van der Waals surface area contributed by atoms with E-state index in [2.05, 4.69) is 62.8 Å². The maximum Gasteiger partial charge on any atom is 0.231 e. The third-order valence-electron chi connectivity index (χ3n) is 8.89. The van der Waals surface area contributed by atoms with Gasteiger partial charge in [0.1, 0.15) is 11.9 Å². The molecule has 0 amide bonds. The molecule has 0 saturated heterocycles. The second-order valence-electron chi connectivity index (χ2n) is 11.2. The number of imidazole rings is 1. The SMILES string of the molecule is Cn1c(C(NC23CC(c4ccccc4)(C2)C3)c2nnnn2-c2ccc3c(c2)OCO3)nc2c1CCCC2. The largest absolute Gasteiger partial charge is 0.454 e. The summed E-state index contributed by atoms with van der Waals surface area (Å²) in [7, 11) is 2.14. The van der Waals surface area contributed by atoms with Crippen molar-refractivity contribution in [2.24, 2.45) is 7.05 Å². The van der Waals surface area contributed by atoms with Crippen LogP contribution in [0.25, 0.3) is 5.69 Å². The zero-order chi connectivity index (χ0) is 24.6. The Hall–Kier alpha value is -3.72. The maximum atomic E-state index is 5.63. The summed E-state index contributed by atoms with van der Waals surface area (Å²) in [6.07, 6.45) is 7.87. The lowest BCUT2D eigenvalue weighted by Crippen LogP contribution is -2.76. The minimum Gasteiger partial charge on any atom is -0.454 e. The summed E-state index contributed by atoms with van der Waals surface area (Å²) in [6.45, 7) is 0.232. The van der Waals surface area contributed by atoms with Crippen molar-refractivity contribution >= 4 is 0 Å². The van der Waals surface area contributed by atoms with Gasteiger partial charge in [-0.05, 0) is 73.1 Å². The van der Waals surface area contributed by atoms with Crippen molar-refractivity contribution in [3.63, 3.8) is 0 Å². The minimum absolute atomic E-state index is 0.0681. The van der Waals surface area contributed by atoms with Crippen LogP contribution in [0.2, 0.25) is 0 Å². The second-order valence-corrected chi connectivity index (χ2v) is 11.2. The van der Waals surface area contributed by atoms with Crippen LogP contribution in [0.1, 0.15) is 66.7 Å². The van der Waals surface area contributed by atoms with Gasteiger partial charge in [-0.1, -0.05) is 30.3 Å². The molecule has 1 unspecified atom stereocenters. The normalized spacial score (nSPS) is 25.8. The highest BCUT2D eigenvalue weighted by atomic mass is 16.7. The Morgan fingerprint density at radius 2 is 1.76 bits per heavy atom. The van der Waals surface area contributed by atoms with E-state index in [-0.39, 0.29) is 18.4 Å². The number of nitrogens with one attached hydrogen (secondary N) is 1. The predicted octanol–water partition coefficient (Wildman–Crippen LogP) is 3.56. The van der Waals surface area contributed by atoms with Gasteiger partial charge in [0.25, 0.3) is 0 Å². The van der Waals surface area contributed by atoms with Gasteiger partial charge in [0.2, 0.25) is 6.79 Å². The highest BCUT2D eigenvalue weighted by molar-refractivity contribution is 5.50. The summed E-state index contributed by atoms with van der Waals surface area (Å²) in [5.41, 5.74) is 5.22. The Bertz CT molecular complexity index is 1490. The van der Waals surface area contributed by atoms with E-state index in [4.69, 9.17) is 14.5 Å². The number of nitrogens with zero attached hydrogens (tertiary/aromatic N) is 6. The number of hydrogen-bond acceptors (Lipinski definition) is 7. The number of tetrazole rings is 1. The summed E-state index contributed by atoms with van der Waals surface area (Å²) in [4.78, 5) is 5.18. The Kier molecular flexibility index (Phi) is 4.42. The van der Waals surface area contributed by atoms with E-state index < -0.39 is 0 Å². The fourth-order valence-corrected chi connectivity index (χ4v) is 7.13. The average Bonchev–Trinajstić information content (AvgIpc) is 3.62. The third-order valence-corrected chi connectivity index (χ3v) is 8.89. The number of benzene rings is 2. The van der Waals surface area contributed by atoms with E-state index in [1.54, 1.807) is 0 Å². The van der Waals surface area contributed by atoms with E-state index in [0.717, 1.165) is 55.2 Å². The summed E-state index contributed by atoms with van der Waals surface area (Å²) < 4.78 is 15.2. The quantitative estimate of drug-likeness (QED) is 0.437. The zero-order valence-corrected chi connectivity index (χ0v) is 20.9. The van der Waals surface area contributed by atoms with E-state index in [9.17, 15) is 0 Å². The number of fused-ring (bicyclic) bond motifs is 2. The van der Waals surface area contributed by atoms with Crippen LogP contribution in [0.3, 0.4) is 0 Å². The van der Waals surface area contributed by atoms with Gasteiger partial charge in [-0.25, -0.2) is 4.98 Å². The molecule has 2 aromatic heterocycles. The highest BCUT2D eigenvalue weighted by Gasteiger charge is 2.68. The lowest BCUT2D eigenvalue weighted by Gasteiger charge is -2.72. The van der Waals surface area contributed by atoms with Crippen LogP contribution in [-0.4, -0.2) is 42.1 Å². The summed E-state index contributed by atoms with van der Waals surface area (Å²) in [5.74, 6) is 3.18. The van der Waals surface area contributed by atoms with Crippen molar-refractivity contribution < 1.29 is 9.47 Å². The van der Waals surface area contributed by atoms with Crippen LogP contribution in [0.5, 0.6) is 11.5 Å². The Balaban J connectivity index is 1.18. The van der Waals surface area contributed by atoms with Crippen molar-refractivity contribution in [1.82, 2.24) is 35.1 Å². The molecule has 9 nitrogen and oxygen atoms in total. The molecular formula is C28H29N7O2. The van der Waals surface area contributed by atoms with Crippen molar-refractivity contribution in [3.05, 3.63) is 77.1 Å². The Morgan fingerprint density at radius 3 is 2.59 bits per heavy atom. The first-order chi connectivity index (χ1) is 18.1. The highest BCUT2D eigenvalue weighted by Crippen LogP contribution is 2.68. The summed E-state index contributed by atoms with van der Waals surface area (Å²) in [6, 6.07) is 16.5. The molecule has 5 aliphatic rings. The van der Waals surface area contributed by atoms with Gasteiger partial charge in [0.15, 0.2) is 17.3 Å². The lowest BCUT2D eigenvalue weighted by atomic mass is 9.37. The topological polar surface area (TPSA) is 91.9 Å². The fourth-order valence-electron chi connectivity index (χ4n) is 7.13. The average molecular weight is 496 g/mol. The Labute approximate surface area is 214 Å². The van der Waals surface area contributed by atoms with Gasteiger partial charge in [-0.2, -0.15) is 4.68 Å². The van der Waals surface area contributed by atoms with E-state index in [1.807, 2.05) is 22.9 Å². The van der Waals surface area contributed by atoms with Crippen molar-refractivity contribution in [3.8, 4) is 17.2 Å². The molecule has 2 bridgehead atoms. The summed E-state index contributed by atoms with van der Waals surface area (Å²) in [5, 5.41) is 17.1. The predicted molar refractivity (Wildman–Crippen MR) is 135 cm³/mol. The van der Waals surface area contributed by atoms with Crippen LogP contribution < -0.4 is 14.8 Å². The zero-order valence-electron chi connectivity index (χ0n) is 20.9. The molecule has 2 aromatic carbocycles. The number of rotatable bonds is 6. The number of aryl methyl sites for hydroxylation is 1. The first-order valence-electron chi connectivity index (χ1n) is 13.2. The molecule has 4 aliphatic carbocycles. The number of aromatic nitrogens is 6. The van der Waals surface area contributed by atoms with Crippen molar-refractivity contribution in [2.45, 2.75) is 61.9 Å². The molecule has 0 spiro atoms. The molecule has 1 atom stereocenters. The van der Waals surface area contributed by atoms with Crippen molar-refractivity contribution in [2.75, 3.05) is 6.79 Å². The number of hydrogen-bond donors (Lipinski definition) is 1. The first kappa shape index (κ1) is 21.4. The Morgan fingerprint density at radius 1 is 0.946 bits per heavy atom. The lowest BCUT2D eigenvalue weighted by molar-refractivity contribution is -0.0940. The minimum atomic E-state index is -0.231. The fraction of sp³-hybridized carbons (Fsp3) is 0.429. The van der Waals surface area contributed by atoms with Crippen LogP contribution in [0.15, 0.2) is 48.5 Å². The van der Waals surface area contributed by atoms with E-state index in [0.29, 0.717) is 11.2 Å². The van der Waals surface area contributed by atoms with Crippen molar-refractivity contribution in [1.29, 1.82) is 0 Å². The van der Waals surface area contributed by atoms with Gasteiger partial charge in [-0.15, -0.1) is 5.10 Å². The van der Waals surface area contributed by atoms with Gasteiger partial charge in [0, 0.05) is 29.8 Å². The standard InChI is InChI=1S/C28H29N7O2/c1-34-21-10-6-5-9-20(21)29-25(34)24(30-28-14-27(15-28,16-28)18-7-3-2-4-8-18)26-31-32-33-35(26)19-11-12-22-23(13-19)37-17-36-22/h2-4,7-8,11-13,24,30H,5-6,9-10,14-17H2,1H3. The molecule has 4 aromatic rings. The first-order valence-corrected chi connectivity index (χ1v) is 13.2. The van der Waals surface area contributed by atoms with Gasteiger partial charge in [0.05, 0.1) is 11.4 Å². The third kappa shape index (κ3) is 3.13. The van der Waals surface area contributed by atoms with E-state index >= 15 is 0 Å². The summed E-state index contributed by atoms with van der Waals surface area (Å²) >= 11 is 0. The molecule has 188 valence electrons. The molecule has 3 saturated carbocycles. The van der Waals surface area contributed by atoms with Crippen LogP contribution in [-0.2, 0) is 25.3 Å². The molecule has 0 radical (unpaired) electrons. The molecule has 1 aliphatic heterocycles. The van der Waals surface area contributed by atoms with Gasteiger partial charge < -0.3 is 14.0 Å². The molecule has 9 heteroatoms. The molecular weight excluding hydrogens is 466 g/mol. The molecule has 9 rings (SSSR count). The maximum absolute atomic E-state index is 5.63. The van der Waals surface area contributed by atoms with E-state index in [1.165, 1.54) is 29.8 Å². The number of ether oxygens (including phenoxy) is 2. The smallest absolute Gasteiger partial charge is 0.231 e. The van der Waals surface area contributed by atoms with Gasteiger partial charge >= 0.3 is 0 Å². The molecule has 37 heavy (non-hydrogen) atoms.